The first kappa shape index (κ1) is 13.3. The van der Waals surface area contributed by atoms with E-state index in [2.05, 4.69) is 9.97 Å². The minimum absolute atomic E-state index is 0.0232. The monoisotopic (exact) mass is 301 g/mol. The highest BCUT2D eigenvalue weighted by Crippen LogP contribution is 2.21. The van der Waals surface area contributed by atoms with Crippen LogP contribution in [-0.4, -0.2) is 14.9 Å². The molecule has 3 rings (SSSR count). The van der Waals surface area contributed by atoms with Crippen LogP contribution in [0, 0.1) is 10.1 Å². The summed E-state index contributed by atoms with van der Waals surface area (Å²) in [6.07, 6.45) is 0. The van der Waals surface area contributed by atoms with Gasteiger partial charge in [0.05, 0.1) is 15.8 Å². The van der Waals surface area contributed by atoms with E-state index in [1.807, 2.05) is 0 Å². The smallest absolute Gasteiger partial charge is 0.269 e. The summed E-state index contributed by atoms with van der Waals surface area (Å²) in [5, 5.41) is 11.5. The molecule has 7 heteroatoms. The van der Waals surface area contributed by atoms with Crippen molar-refractivity contribution in [1.29, 1.82) is 0 Å². The molecule has 0 saturated heterocycles. The Morgan fingerprint density at radius 3 is 2.52 bits per heavy atom. The fourth-order valence-corrected chi connectivity index (χ4v) is 2.16. The van der Waals surface area contributed by atoms with Crippen molar-refractivity contribution in [2.75, 3.05) is 0 Å². The molecule has 1 heterocycles. The van der Waals surface area contributed by atoms with Gasteiger partial charge < -0.3 is 4.98 Å². The second kappa shape index (κ2) is 4.99. The number of nitrogens with zero attached hydrogens (tertiary/aromatic N) is 2. The number of fused-ring (bicyclic) bond motifs is 1. The molecule has 0 fully saturated rings. The predicted molar refractivity (Wildman–Crippen MR) is 79.5 cm³/mol. The number of aromatic nitrogens is 2. The molecule has 3 aromatic rings. The van der Waals surface area contributed by atoms with Crippen molar-refractivity contribution in [2.24, 2.45) is 0 Å². The second-order valence-electron chi connectivity index (χ2n) is 4.38. The SMILES string of the molecule is O=c1[nH]c(-c2ccc([N+](=O)[O-])cc2)nc2cc(Cl)ccc12. The van der Waals surface area contributed by atoms with Crippen LogP contribution in [0.25, 0.3) is 22.3 Å². The van der Waals surface area contributed by atoms with Gasteiger partial charge in [-0.1, -0.05) is 11.6 Å². The summed E-state index contributed by atoms with van der Waals surface area (Å²) in [5.41, 5.74) is 0.745. The zero-order valence-electron chi connectivity index (χ0n) is 10.5. The Labute approximate surface area is 123 Å². The molecule has 0 aliphatic rings. The third-order valence-corrected chi connectivity index (χ3v) is 3.26. The topological polar surface area (TPSA) is 88.9 Å². The fourth-order valence-electron chi connectivity index (χ4n) is 1.99. The van der Waals surface area contributed by atoms with Gasteiger partial charge in [-0.15, -0.1) is 0 Å². The van der Waals surface area contributed by atoms with E-state index in [9.17, 15) is 14.9 Å². The Morgan fingerprint density at radius 2 is 1.86 bits per heavy atom. The lowest BCUT2D eigenvalue weighted by molar-refractivity contribution is -0.384. The van der Waals surface area contributed by atoms with Crippen molar-refractivity contribution < 1.29 is 4.92 Å². The van der Waals surface area contributed by atoms with Crippen LogP contribution in [-0.2, 0) is 0 Å². The number of H-pyrrole nitrogens is 1. The maximum absolute atomic E-state index is 12.0. The highest BCUT2D eigenvalue weighted by molar-refractivity contribution is 6.31. The predicted octanol–water partition coefficient (Wildman–Crippen LogP) is 3.15. The molecule has 21 heavy (non-hydrogen) atoms. The summed E-state index contributed by atoms with van der Waals surface area (Å²) in [6.45, 7) is 0. The quantitative estimate of drug-likeness (QED) is 0.581. The van der Waals surface area contributed by atoms with Crippen LogP contribution in [0.3, 0.4) is 0 Å². The Hall–Kier alpha value is -2.73. The van der Waals surface area contributed by atoms with Crippen molar-refractivity contribution in [3.05, 3.63) is 68.0 Å². The first-order valence-electron chi connectivity index (χ1n) is 5.99. The molecule has 0 atom stereocenters. The van der Waals surface area contributed by atoms with Gasteiger partial charge in [0.2, 0.25) is 0 Å². The van der Waals surface area contributed by atoms with Gasteiger partial charge in [0.1, 0.15) is 5.82 Å². The van der Waals surface area contributed by atoms with Crippen LogP contribution in [0.4, 0.5) is 5.69 Å². The van der Waals surface area contributed by atoms with E-state index in [4.69, 9.17) is 11.6 Å². The molecule has 0 spiro atoms. The number of nitro groups is 1. The van der Waals surface area contributed by atoms with Crippen LogP contribution >= 0.6 is 11.6 Å². The van der Waals surface area contributed by atoms with Gasteiger partial charge >= 0.3 is 0 Å². The van der Waals surface area contributed by atoms with E-state index in [0.29, 0.717) is 27.3 Å². The van der Waals surface area contributed by atoms with Crippen molar-refractivity contribution >= 4 is 28.2 Å². The number of hydrogen-bond donors (Lipinski definition) is 1. The van der Waals surface area contributed by atoms with Crippen LogP contribution in [0.2, 0.25) is 5.02 Å². The zero-order chi connectivity index (χ0) is 15.0. The van der Waals surface area contributed by atoms with Crippen molar-refractivity contribution in [2.45, 2.75) is 0 Å². The normalized spacial score (nSPS) is 10.7. The number of hydrogen-bond acceptors (Lipinski definition) is 4. The Bertz CT molecular complexity index is 903. The molecule has 0 radical (unpaired) electrons. The molecule has 6 nitrogen and oxygen atoms in total. The van der Waals surface area contributed by atoms with E-state index < -0.39 is 4.92 Å². The highest BCUT2D eigenvalue weighted by Gasteiger charge is 2.09. The molecule has 1 aromatic heterocycles. The standard InChI is InChI=1S/C14H8ClN3O3/c15-9-3-6-11-12(7-9)16-13(17-14(11)19)8-1-4-10(5-2-8)18(20)21/h1-7H,(H,16,17,19). The summed E-state index contributed by atoms with van der Waals surface area (Å²) < 4.78 is 0. The summed E-state index contributed by atoms with van der Waals surface area (Å²) in [4.78, 5) is 29.1. The van der Waals surface area contributed by atoms with Crippen molar-refractivity contribution in [1.82, 2.24) is 9.97 Å². The maximum atomic E-state index is 12.0. The number of benzene rings is 2. The minimum Gasteiger partial charge on any atom is -0.306 e. The number of nitro benzene ring substituents is 1. The average molecular weight is 302 g/mol. The van der Waals surface area contributed by atoms with Crippen molar-refractivity contribution in [3.8, 4) is 11.4 Å². The van der Waals surface area contributed by atoms with E-state index in [1.165, 1.54) is 24.3 Å². The highest BCUT2D eigenvalue weighted by atomic mass is 35.5. The van der Waals surface area contributed by atoms with Gasteiger partial charge in [-0.25, -0.2) is 4.98 Å². The third-order valence-electron chi connectivity index (χ3n) is 3.02. The largest absolute Gasteiger partial charge is 0.306 e. The summed E-state index contributed by atoms with van der Waals surface area (Å²) in [7, 11) is 0. The average Bonchev–Trinajstić information content (AvgIpc) is 2.46. The summed E-state index contributed by atoms with van der Waals surface area (Å²) >= 11 is 5.90. The Balaban J connectivity index is 2.16. The van der Waals surface area contributed by atoms with E-state index in [1.54, 1.807) is 18.2 Å². The fraction of sp³-hybridized carbons (Fsp3) is 0. The summed E-state index contributed by atoms with van der Waals surface area (Å²) in [5.74, 6) is 0.338. The molecular formula is C14H8ClN3O3. The third kappa shape index (κ3) is 2.48. The molecule has 0 aliphatic carbocycles. The van der Waals surface area contributed by atoms with E-state index in [-0.39, 0.29) is 11.2 Å². The molecule has 1 N–H and O–H groups in total. The minimum atomic E-state index is -0.486. The van der Waals surface area contributed by atoms with Crippen LogP contribution in [0.15, 0.2) is 47.3 Å². The van der Waals surface area contributed by atoms with Crippen LogP contribution < -0.4 is 5.56 Å². The van der Waals surface area contributed by atoms with Gasteiger partial charge in [-0.3, -0.25) is 14.9 Å². The van der Waals surface area contributed by atoms with Crippen molar-refractivity contribution in [3.63, 3.8) is 0 Å². The molecule has 0 bridgehead atoms. The Morgan fingerprint density at radius 1 is 1.14 bits per heavy atom. The summed E-state index contributed by atoms with van der Waals surface area (Å²) in [6, 6.07) is 10.6. The number of nitrogens with one attached hydrogen (secondary N) is 1. The molecule has 2 aromatic carbocycles. The number of rotatable bonds is 2. The van der Waals surface area contributed by atoms with Crippen LogP contribution in [0.5, 0.6) is 0 Å². The van der Waals surface area contributed by atoms with E-state index in [0.717, 1.165) is 0 Å². The second-order valence-corrected chi connectivity index (χ2v) is 4.82. The number of non-ortho nitro benzene ring substituents is 1. The molecule has 0 saturated carbocycles. The lowest BCUT2D eigenvalue weighted by atomic mass is 10.2. The van der Waals surface area contributed by atoms with Gasteiger partial charge in [0.25, 0.3) is 11.2 Å². The number of aromatic amines is 1. The zero-order valence-corrected chi connectivity index (χ0v) is 11.3. The molecular weight excluding hydrogens is 294 g/mol. The molecule has 0 unspecified atom stereocenters. The first-order valence-corrected chi connectivity index (χ1v) is 6.37. The van der Waals surface area contributed by atoms with Crippen LogP contribution in [0.1, 0.15) is 0 Å². The molecule has 0 amide bonds. The van der Waals surface area contributed by atoms with Gasteiger partial charge in [0, 0.05) is 22.7 Å². The van der Waals surface area contributed by atoms with Gasteiger partial charge in [-0.05, 0) is 30.3 Å². The Kier molecular flexibility index (Phi) is 3.15. The molecule has 104 valence electrons. The van der Waals surface area contributed by atoms with Gasteiger partial charge in [-0.2, -0.15) is 0 Å². The lowest BCUT2D eigenvalue weighted by Crippen LogP contribution is -2.09. The van der Waals surface area contributed by atoms with Gasteiger partial charge in [0.15, 0.2) is 0 Å². The number of halogens is 1. The maximum Gasteiger partial charge on any atom is 0.269 e. The van der Waals surface area contributed by atoms with E-state index >= 15 is 0 Å². The first-order chi connectivity index (χ1) is 10.0. The molecule has 0 aliphatic heterocycles. The lowest BCUT2D eigenvalue weighted by Gasteiger charge is -2.03.